The van der Waals surface area contributed by atoms with Gasteiger partial charge in [0, 0.05) is 24.5 Å². The van der Waals surface area contributed by atoms with Crippen LogP contribution in [0.15, 0.2) is 88.8 Å². The number of fused-ring (bicyclic) bond motifs is 3. The van der Waals surface area contributed by atoms with Gasteiger partial charge in [0.15, 0.2) is 0 Å². The van der Waals surface area contributed by atoms with Crippen LogP contribution >= 0.6 is 0 Å². The third-order valence-corrected chi connectivity index (χ3v) is 6.49. The van der Waals surface area contributed by atoms with Crippen molar-refractivity contribution in [3.63, 3.8) is 0 Å². The monoisotopic (exact) mass is 358 g/mol. The van der Waals surface area contributed by atoms with E-state index in [0.29, 0.717) is 0 Å². The van der Waals surface area contributed by atoms with Gasteiger partial charge in [-0.3, -0.25) is 0 Å². The van der Waals surface area contributed by atoms with Crippen molar-refractivity contribution < 1.29 is 4.21 Å². The molecule has 0 saturated heterocycles. The van der Waals surface area contributed by atoms with Gasteiger partial charge in [0.25, 0.3) is 0 Å². The lowest BCUT2D eigenvalue weighted by atomic mass is 10.0. The summed E-state index contributed by atoms with van der Waals surface area (Å²) in [7, 11) is 0.993. The van der Waals surface area contributed by atoms with Gasteiger partial charge in [-0.15, -0.1) is 0 Å². The fourth-order valence-corrected chi connectivity index (χ4v) is 5.12. The Morgan fingerprint density at radius 3 is 2.42 bits per heavy atom. The Bertz CT molecular complexity index is 1060. The SMILES string of the molecule is CN1CN(c2ccccc2)C=C1c1ccc2c(c1)S(=O)c1ccccc1-2. The molecule has 0 aromatic heterocycles. The van der Waals surface area contributed by atoms with Crippen molar-refractivity contribution in [2.75, 3.05) is 18.6 Å². The average Bonchev–Trinajstić information content (AvgIpc) is 3.21. The zero-order valence-electron chi connectivity index (χ0n) is 14.4. The number of hydrogen-bond acceptors (Lipinski definition) is 3. The van der Waals surface area contributed by atoms with Gasteiger partial charge in [-0.1, -0.05) is 48.5 Å². The van der Waals surface area contributed by atoms with Crippen molar-refractivity contribution in [2.45, 2.75) is 9.79 Å². The molecule has 2 heterocycles. The largest absolute Gasteiger partial charge is 0.355 e. The van der Waals surface area contributed by atoms with Crippen LogP contribution in [-0.2, 0) is 10.8 Å². The molecule has 26 heavy (non-hydrogen) atoms. The average molecular weight is 358 g/mol. The number of benzene rings is 3. The minimum atomic E-state index is -1.10. The predicted octanol–water partition coefficient (Wildman–Crippen LogP) is 4.54. The maximum Gasteiger partial charge on any atom is 0.0944 e. The fraction of sp³-hybridized carbons (Fsp3) is 0.0909. The molecule has 3 nitrogen and oxygen atoms in total. The first-order valence-corrected chi connectivity index (χ1v) is 9.77. The van der Waals surface area contributed by atoms with Crippen molar-refractivity contribution in [1.82, 2.24) is 4.90 Å². The second-order valence-electron chi connectivity index (χ2n) is 6.63. The molecule has 5 rings (SSSR count). The van der Waals surface area contributed by atoms with Gasteiger partial charge in [-0.2, -0.15) is 0 Å². The summed E-state index contributed by atoms with van der Waals surface area (Å²) < 4.78 is 12.9. The normalized spacial score (nSPS) is 17.9. The molecular formula is C22H18N2OS. The quantitative estimate of drug-likeness (QED) is 0.525. The number of hydrogen-bond donors (Lipinski definition) is 0. The molecule has 128 valence electrons. The summed E-state index contributed by atoms with van der Waals surface area (Å²) in [4.78, 5) is 6.28. The minimum absolute atomic E-state index is 0.805. The molecule has 2 aliphatic rings. The predicted molar refractivity (Wildman–Crippen MR) is 106 cm³/mol. The molecule has 0 fully saturated rings. The van der Waals surface area contributed by atoms with Crippen LogP contribution in [-0.4, -0.2) is 22.8 Å². The van der Waals surface area contributed by atoms with Crippen molar-refractivity contribution in [1.29, 1.82) is 0 Å². The summed E-state index contributed by atoms with van der Waals surface area (Å²) in [6.45, 7) is 0.805. The molecule has 3 aromatic rings. The third-order valence-electron chi connectivity index (χ3n) is 5.00. The van der Waals surface area contributed by atoms with Crippen LogP contribution in [0, 0.1) is 0 Å². The lowest BCUT2D eigenvalue weighted by Crippen LogP contribution is -2.22. The van der Waals surface area contributed by atoms with E-state index >= 15 is 0 Å². The van der Waals surface area contributed by atoms with Gasteiger partial charge in [0.1, 0.15) is 0 Å². The first-order valence-electron chi connectivity index (χ1n) is 8.62. The van der Waals surface area contributed by atoms with Crippen molar-refractivity contribution in [3.05, 3.63) is 84.6 Å². The van der Waals surface area contributed by atoms with E-state index in [9.17, 15) is 4.21 Å². The van der Waals surface area contributed by atoms with Gasteiger partial charge >= 0.3 is 0 Å². The van der Waals surface area contributed by atoms with Crippen LogP contribution in [0.4, 0.5) is 5.69 Å². The Kier molecular flexibility index (Phi) is 3.47. The zero-order valence-corrected chi connectivity index (χ0v) is 15.2. The molecule has 2 aliphatic heterocycles. The molecule has 0 radical (unpaired) electrons. The standard InChI is InChI=1S/C22H18N2OS/c1-23-15-24(17-7-3-2-4-8-17)14-20(23)16-11-12-19-18-9-5-6-10-21(18)26(25)22(19)13-16/h2-14H,15H2,1H3. The Hall–Kier alpha value is -2.85. The molecule has 0 spiro atoms. The maximum atomic E-state index is 12.9. The van der Waals surface area contributed by atoms with E-state index in [1.165, 1.54) is 5.69 Å². The van der Waals surface area contributed by atoms with Crippen LogP contribution < -0.4 is 4.90 Å². The molecule has 0 saturated carbocycles. The zero-order chi connectivity index (χ0) is 17.7. The van der Waals surface area contributed by atoms with Gasteiger partial charge in [-0.05, 0) is 35.4 Å². The maximum absolute atomic E-state index is 12.9. The Balaban J connectivity index is 1.55. The first kappa shape index (κ1) is 15.4. The third kappa shape index (κ3) is 2.30. The Morgan fingerprint density at radius 1 is 0.846 bits per heavy atom. The molecule has 4 heteroatoms. The van der Waals surface area contributed by atoms with E-state index in [4.69, 9.17) is 0 Å². The van der Waals surface area contributed by atoms with Crippen LogP contribution in [0.2, 0.25) is 0 Å². The lowest BCUT2D eigenvalue weighted by Gasteiger charge is -2.19. The summed E-state index contributed by atoms with van der Waals surface area (Å²) in [6.07, 6.45) is 2.17. The summed E-state index contributed by atoms with van der Waals surface area (Å²) >= 11 is 0. The van der Waals surface area contributed by atoms with Gasteiger partial charge in [-0.25, -0.2) is 4.21 Å². The molecule has 0 N–H and O–H groups in total. The highest BCUT2D eigenvalue weighted by Crippen LogP contribution is 2.42. The molecule has 0 amide bonds. The van der Waals surface area contributed by atoms with E-state index in [1.807, 2.05) is 24.3 Å². The van der Waals surface area contributed by atoms with Gasteiger partial charge < -0.3 is 9.80 Å². The van der Waals surface area contributed by atoms with E-state index in [-0.39, 0.29) is 0 Å². The summed E-state index contributed by atoms with van der Waals surface area (Å²) in [5.74, 6) is 0. The van der Waals surface area contributed by atoms with Crippen LogP contribution in [0.25, 0.3) is 16.8 Å². The van der Waals surface area contributed by atoms with Crippen molar-refractivity contribution in [3.8, 4) is 11.1 Å². The smallest absolute Gasteiger partial charge is 0.0944 e. The molecule has 1 unspecified atom stereocenters. The second-order valence-corrected chi connectivity index (χ2v) is 8.05. The van der Waals surface area contributed by atoms with E-state index in [0.717, 1.165) is 38.8 Å². The van der Waals surface area contributed by atoms with Gasteiger partial charge in [0.2, 0.25) is 0 Å². The molecule has 0 aliphatic carbocycles. The number of rotatable bonds is 2. The van der Waals surface area contributed by atoms with E-state index < -0.39 is 10.8 Å². The Labute approximate surface area is 155 Å². The summed E-state index contributed by atoms with van der Waals surface area (Å²) in [5.41, 5.74) is 5.60. The molecule has 1 atom stereocenters. The van der Waals surface area contributed by atoms with E-state index in [1.54, 1.807) is 0 Å². The molecule has 0 bridgehead atoms. The van der Waals surface area contributed by atoms with Crippen molar-refractivity contribution in [2.24, 2.45) is 0 Å². The first-order chi connectivity index (χ1) is 12.7. The summed E-state index contributed by atoms with van der Waals surface area (Å²) in [5, 5.41) is 0. The highest BCUT2D eigenvalue weighted by atomic mass is 32.2. The fourth-order valence-electron chi connectivity index (χ4n) is 3.69. The van der Waals surface area contributed by atoms with E-state index in [2.05, 4.69) is 71.6 Å². The highest BCUT2D eigenvalue weighted by molar-refractivity contribution is 7.85. The molecule has 3 aromatic carbocycles. The number of para-hydroxylation sites is 1. The highest BCUT2D eigenvalue weighted by Gasteiger charge is 2.27. The van der Waals surface area contributed by atoms with Gasteiger partial charge in [0.05, 0.1) is 33.0 Å². The number of anilines is 1. The van der Waals surface area contributed by atoms with Crippen molar-refractivity contribution >= 4 is 22.2 Å². The topological polar surface area (TPSA) is 23.6 Å². The lowest BCUT2D eigenvalue weighted by molar-refractivity contribution is 0.516. The van der Waals surface area contributed by atoms with Crippen LogP contribution in [0.1, 0.15) is 5.56 Å². The minimum Gasteiger partial charge on any atom is -0.355 e. The second kappa shape index (κ2) is 5.85. The molecular weight excluding hydrogens is 340 g/mol. The summed E-state index contributed by atoms with van der Waals surface area (Å²) in [6, 6.07) is 24.7. The Morgan fingerprint density at radius 2 is 1.58 bits per heavy atom. The van der Waals surface area contributed by atoms with Crippen LogP contribution in [0.5, 0.6) is 0 Å². The number of nitrogens with zero attached hydrogens (tertiary/aromatic N) is 2. The van der Waals surface area contributed by atoms with Crippen LogP contribution in [0.3, 0.4) is 0 Å².